The van der Waals surface area contributed by atoms with Crippen LogP contribution in [0.2, 0.25) is 0 Å². The van der Waals surface area contributed by atoms with E-state index < -0.39 is 5.97 Å². The molecule has 0 fully saturated rings. The number of nitriles is 1. The van der Waals surface area contributed by atoms with E-state index in [-0.39, 0.29) is 11.7 Å². The first-order valence-corrected chi connectivity index (χ1v) is 9.71. The van der Waals surface area contributed by atoms with Crippen LogP contribution in [0.3, 0.4) is 0 Å². The molecule has 6 nitrogen and oxygen atoms in total. The molecule has 0 saturated carbocycles. The van der Waals surface area contributed by atoms with Gasteiger partial charge in [-0.3, -0.25) is 4.79 Å². The van der Waals surface area contributed by atoms with E-state index in [1.807, 2.05) is 24.3 Å². The number of rotatable bonds is 5. The highest BCUT2D eigenvalue weighted by atomic mass is 32.1. The maximum atomic E-state index is 12.4. The van der Waals surface area contributed by atoms with Crippen LogP contribution in [0, 0.1) is 11.3 Å². The third-order valence-electron chi connectivity index (χ3n) is 4.20. The van der Waals surface area contributed by atoms with Crippen LogP contribution in [0.1, 0.15) is 25.8 Å². The van der Waals surface area contributed by atoms with Gasteiger partial charge in [0.05, 0.1) is 22.9 Å². The van der Waals surface area contributed by atoms with Crippen molar-refractivity contribution in [2.24, 2.45) is 0 Å². The topological polar surface area (TPSA) is 92.3 Å². The van der Waals surface area contributed by atoms with E-state index in [4.69, 9.17) is 14.4 Å². The van der Waals surface area contributed by atoms with Gasteiger partial charge >= 0.3 is 5.97 Å². The number of nitrogens with zero attached hydrogens (tertiary/aromatic N) is 1. The average molecular weight is 414 g/mol. The first-order valence-electron chi connectivity index (χ1n) is 8.90. The maximum Gasteiger partial charge on any atom is 0.353 e. The number of carbonyl (C=O) groups excluding carboxylic acids is 2. The van der Waals surface area contributed by atoms with Crippen molar-refractivity contribution in [1.29, 1.82) is 5.26 Å². The fourth-order valence-electron chi connectivity index (χ4n) is 2.71. The minimum absolute atomic E-state index is 0.190. The zero-order chi connectivity index (χ0) is 20.9. The monoisotopic (exact) mass is 414 g/mol. The standard InChI is InChI=1S/C23H14N2O4S/c24-14-15-3-5-16(6-4-15)17-7-9-18(10-8-17)29-23(27)20-11-12-21(30-20)25-22(26)19-2-1-13-28-19/h1-13H,(H,25,26). The van der Waals surface area contributed by atoms with Crippen molar-refractivity contribution in [2.45, 2.75) is 0 Å². The van der Waals surface area contributed by atoms with Gasteiger partial charge in [0.25, 0.3) is 5.91 Å². The van der Waals surface area contributed by atoms with Crippen molar-refractivity contribution < 1.29 is 18.7 Å². The van der Waals surface area contributed by atoms with Crippen LogP contribution in [0.5, 0.6) is 5.75 Å². The first kappa shape index (κ1) is 19.2. The largest absolute Gasteiger partial charge is 0.459 e. The summed E-state index contributed by atoms with van der Waals surface area (Å²) in [5.41, 5.74) is 2.50. The molecule has 0 unspecified atom stereocenters. The summed E-state index contributed by atoms with van der Waals surface area (Å²) in [6.07, 6.45) is 1.42. The summed E-state index contributed by atoms with van der Waals surface area (Å²) in [5, 5.41) is 12.1. The van der Waals surface area contributed by atoms with Crippen LogP contribution in [-0.2, 0) is 0 Å². The molecule has 0 spiro atoms. The van der Waals surface area contributed by atoms with Crippen LogP contribution in [0.4, 0.5) is 5.00 Å². The Bertz CT molecular complexity index is 1220. The highest BCUT2D eigenvalue weighted by Gasteiger charge is 2.15. The average Bonchev–Trinajstić information content (AvgIpc) is 3.47. The molecular formula is C23H14N2O4S. The lowest BCUT2D eigenvalue weighted by Gasteiger charge is -2.05. The predicted molar refractivity (Wildman–Crippen MR) is 113 cm³/mol. The summed E-state index contributed by atoms with van der Waals surface area (Å²) in [4.78, 5) is 24.8. The molecule has 30 heavy (non-hydrogen) atoms. The van der Waals surface area contributed by atoms with Gasteiger partial charge in [-0.05, 0) is 59.7 Å². The molecule has 4 rings (SSSR count). The number of thiophene rings is 1. The Labute approximate surface area is 176 Å². The van der Waals surface area contributed by atoms with Gasteiger partial charge in [-0.15, -0.1) is 11.3 Å². The van der Waals surface area contributed by atoms with E-state index in [1.54, 1.807) is 48.5 Å². The van der Waals surface area contributed by atoms with Gasteiger partial charge in [0, 0.05) is 0 Å². The number of amides is 1. The molecule has 1 N–H and O–H groups in total. The summed E-state index contributed by atoms with van der Waals surface area (Å²) in [5.74, 6) is -0.299. The summed E-state index contributed by atoms with van der Waals surface area (Å²) in [6, 6.07) is 22.8. The highest BCUT2D eigenvalue weighted by Crippen LogP contribution is 2.26. The van der Waals surface area contributed by atoms with Gasteiger partial charge in [-0.2, -0.15) is 5.26 Å². The highest BCUT2D eigenvalue weighted by molar-refractivity contribution is 7.18. The van der Waals surface area contributed by atoms with E-state index in [0.29, 0.717) is 21.2 Å². The Morgan fingerprint density at radius 3 is 2.27 bits per heavy atom. The smallest absolute Gasteiger partial charge is 0.353 e. The third kappa shape index (κ3) is 4.29. The number of esters is 1. The molecule has 2 heterocycles. The molecule has 146 valence electrons. The van der Waals surface area contributed by atoms with Crippen molar-refractivity contribution in [3.8, 4) is 22.9 Å². The number of hydrogen-bond acceptors (Lipinski definition) is 6. The second kappa shape index (κ2) is 8.47. The number of furan rings is 1. The van der Waals surface area contributed by atoms with Gasteiger partial charge in [-0.25, -0.2) is 4.79 Å². The summed E-state index contributed by atoms with van der Waals surface area (Å²) in [6.45, 7) is 0. The zero-order valence-electron chi connectivity index (χ0n) is 15.5. The third-order valence-corrected chi connectivity index (χ3v) is 5.18. The number of benzene rings is 2. The Kier molecular flexibility index (Phi) is 5.42. The molecule has 2 aromatic carbocycles. The second-order valence-electron chi connectivity index (χ2n) is 6.20. The molecule has 0 aliphatic heterocycles. The van der Waals surface area contributed by atoms with Crippen molar-refractivity contribution >= 4 is 28.2 Å². The number of ether oxygens (including phenoxy) is 1. The lowest BCUT2D eigenvalue weighted by molar-refractivity contribution is 0.0739. The van der Waals surface area contributed by atoms with Crippen LogP contribution in [0.25, 0.3) is 11.1 Å². The van der Waals surface area contributed by atoms with Gasteiger partial charge in [0.15, 0.2) is 5.76 Å². The minimum atomic E-state index is -0.510. The Balaban J connectivity index is 1.39. The van der Waals surface area contributed by atoms with Crippen molar-refractivity contribution in [2.75, 3.05) is 5.32 Å². The van der Waals surface area contributed by atoms with Crippen LogP contribution < -0.4 is 10.1 Å². The fraction of sp³-hybridized carbons (Fsp3) is 0. The van der Waals surface area contributed by atoms with Gasteiger partial charge < -0.3 is 14.5 Å². The molecule has 0 atom stereocenters. The fourth-order valence-corrected chi connectivity index (χ4v) is 3.48. The lowest BCUT2D eigenvalue weighted by Crippen LogP contribution is -2.09. The van der Waals surface area contributed by atoms with E-state index in [2.05, 4.69) is 11.4 Å². The second-order valence-corrected chi connectivity index (χ2v) is 7.28. The van der Waals surface area contributed by atoms with Crippen LogP contribution in [-0.4, -0.2) is 11.9 Å². The van der Waals surface area contributed by atoms with Gasteiger partial charge in [-0.1, -0.05) is 24.3 Å². The SMILES string of the molecule is N#Cc1ccc(-c2ccc(OC(=O)c3ccc(NC(=O)c4ccco4)s3)cc2)cc1. The molecule has 0 radical (unpaired) electrons. The maximum absolute atomic E-state index is 12.4. The molecule has 0 aliphatic rings. The van der Waals surface area contributed by atoms with E-state index in [1.165, 1.54) is 6.26 Å². The zero-order valence-corrected chi connectivity index (χ0v) is 16.3. The number of hydrogen-bond donors (Lipinski definition) is 1. The molecule has 0 saturated heterocycles. The Morgan fingerprint density at radius 1 is 0.933 bits per heavy atom. The molecule has 2 aromatic heterocycles. The summed E-state index contributed by atoms with van der Waals surface area (Å²) in [7, 11) is 0. The van der Waals surface area contributed by atoms with Gasteiger partial charge in [0.1, 0.15) is 10.6 Å². The van der Waals surface area contributed by atoms with E-state index in [0.717, 1.165) is 22.5 Å². The van der Waals surface area contributed by atoms with E-state index in [9.17, 15) is 9.59 Å². The summed E-state index contributed by atoms with van der Waals surface area (Å²) < 4.78 is 10.5. The van der Waals surface area contributed by atoms with Gasteiger partial charge in [0.2, 0.25) is 0 Å². The number of anilines is 1. The molecule has 1 amide bonds. The van der Waals surface area contributed by atoms with Crippen molar-refractivity contribution in [3.63, 3.8) is 0 Å². The number of carbonyl (C=O) groups is 2. The predicted octanol–water partition coefficient (Wildman–Crippen LogP) is 5.35. The number of nitrogens with one attached hydrogen (secondary N) is 1. The van der Waals surface area contributed by atoms with Crippen molar-refractivity contribution in [1.82, 2.24) is 0 Å². The molecular weight excluding hydrogens is 400 g/mol. The summed E-state index contributed by atoms with van der Waals surface area (Å²) >= 11 is 1.11. The van der Waals surface area contributed by atoms with E-state index >= 15 is 0 Å². The first-order chi connectivity index (χ1) is 14.6. The normalized spacial score (nSPS) is 10.2. The molecule has 4 aromatic rings. The molecule has 0 bridgehead atoms. The Morgan fingerprint density at radius 2 is 1.63 bits per heavy atom. The lowest BCUT2D eigenvalue weighted by atomic mass is 10.0. The van der Waals surface area contributed by atoms with Crippen LogP contribution in [0.15, 0.2) is 83.5 Å². The quantitative estimate of drug-likeness (QED) is 0.351. The van der Waals surface area contributed by atoms with Crippen LogP contribution >= 0.6 is 11.3 Å². The Hall–Kier alpha value is -4.15. The molecule has 0 aliphatic carbocycles. The minimum Gasteiger partial charge on any atom is -0.459 e. The molecule has 7 heteroatoms. The van der Waals surface area contributed by atoms with Crippen molar-refractivity contribution in [3.05, 3.63) is 95.3 Å².